The average molecular weight is 241 g/mol. The minimum absolute atomic E-state index is 0.433. The molecule has 1 atom stereocenters. The molecule has 0 aliphatic carbocycles. The number of benzene rings is 2. The highest BCUT2D eigenvalue weighted by Gasteiger charge is 2.04. The van der Waals surface area contributed by atoms with Crippen LogP contribution in [0.4, 0.5) is 0 Å². The number of nitrogens with two attached hydrogens (primary N) is 1. The molecule has 0 fully saturated rings. The molecule has 0 bridgehead atoms. The summed E-state index contributed by atoms with van der Waals surface area (Å²) in [6.07, 6.45) is 0.460. The molecule has 0 heterocycles. The van der Waals surface area contributed by atoms with E-state index < -0.39 is 6.10 Å². The Balaban J connectivity index is 2.35. The first-order valence-electron chi connectivity index (χ1n) is 6.28. The highest BCUT2D eigenvalue weighted by atomic mass is 16.3. The van der Waals surface area contributed by atoms with Crippen molar-refractivity contribution in [2.75, 3.05) is 6.54 Å². The van der Waals surface area contributed by atoms with Crippen LogP contribution >= 0.6 is 0 Å². The Morgan fingerprint density at radius 3 is 2.39 bits per heavy atom. The van der Waals surface area contributed by atoms with Crippen molar-refractivity contribution in [2.45, 2.75) is 19.4 Å². The molecule has 2 heteroatoms. The molecule has 2 nitrogen and oxygen atoms in total. The molecule has 0 saturated carbocycles. The van der Waals surface area contributed by atoms with E-state index in [1.807, 2.05) is 18.2 Å². The Labute approximate surface area is 108 Å². The molecule has 2 rings (SSSR count). The van der Waals surface area contributed by atoms with Gasteiger partial charge in [-0.15, -0.1) is 0 Å². The summed E-state index contributed by atoms with van der Waals surface area (Å²) in [5, 5.41) is 9.62. The Morgan fingerprint density at radius 2 is 1.72 bits per heavy atom. The van der Waals surface area contributed by atoms with Crippen LogP contribution in [-0.4, -0.2) is 11.7 Å². The lowest BCUT2D eigenvalue weighted by Gasteiger charge is -2.09. The number of hydrogen-bond acceptors (Lipinski definition) is 2. The first kappa shape index (κ1) is 12.8. The van der Waals surface area contributed by atoms with Gasteiger partial charge in [-0.25, -0.2) is 0 Å². The fourth-order valence-electron chi connectivity index (χ4n) is 2.05. The topological polar surface area (TPSA) is 46.2 Å². The maximum Gasteiger partial charge on any atom is 0.0762 e. The van der Waals surface area contributed by atoms with Crippen molar-refractivity contribution in [1.82, 2.24) is 0 Å². The lowest BCUT2D eigenvalue weighted by atomic mass is 9.99. The van der Waals surface area contributed by atoms with Gasteiger partial charge in [0.25, 0.3) is 0 Å². The molecule has 0 amide bonds. The molecule has 18 heavy (non-hydrogen) atoms. The van der Waals surface area contributed by atoms with Crippen molar-refractivity contribution in [3.8, 4) is 11.1 Å². The molecule has 0 spiro atoms. The summed E-state index contributed by atoms with van der Waals surface area (Å²) >= 11 is 0. The highest BCUT2D eigenvalue weighted by molar-refractivity contribution is 5.65. The van der Waals surface area contributed by atoms with Crippen LogP contribution in [0.1, 0.15) is 24.2 Å². The fraction of sp³-hybridized carbons (Fsp3) is 0.250. The van der Waals surface area contributed by atoms with Crippen molar-refractivity contribution in [3.05, 3.63) is 59.7 Å². The zero-order chi connectivity index (χ0) is 13.0. The quantitative estimate of drug-likeness (QED) is 0.864. The van der Waals surface area contributed by atoms with E-state index in [1.165, 1.54) is 11.1 Å². The van der Waals surface area contributed by atoms with Crippen LogP contribution in [0.25, 0.3) is 11.1 Å². The van der Waals surface area contributed by atoms with Gasteiger partial charge in [-0.1, -0.05) is 42.5 Å². The Hall–Kier alpha value is -1.64. The van der Waals surface area contributed by atoms with Crippen molar-refractivity contribution >= 4 is 0 Å². The molecule has 0 radical (unpaired) electrons. The number of rotatable bonds is 4. The van der Waals surface area contributed by atoms with E-state index in [1.54, 1.807) is 6.92 Å². The summed E-state index contributed by atoms with van der Waals surface area (Å²) in [5.74, 6) is 0. The van der Waals surface area contributed by atoms with E-state index in [0.29, 0.717) is 6.54 Å². The standard InChI is InChI=1S/C16H19NO/c1-12(18)14-5-3-7-16(11-14)15-6-2-4-13(10-15)8-9-17/h2-7,10-12,18H,8-9,17H2,1H3. The highest BCUT2D eigenvalue weighted by Crippen LogP contribution is 2.24. The van der Waals surface area contributed by atoms with Crippen LogP contribution in [0.3, 0.4) is 0 Å². The lowest BCUT2D eigenvalue weighted by molar-refractivity contribution is 0.199. The lowest BCUT2D eigenvalue weighted by Crippen LogP contribution is -2.02. The van der Waals surface area contributed by atoms with E-state index in [-0.39, 0.29) is 0 Å². The van der Waals surface area contributed by atoms with Gasteiger partial charge in [-0.3, -0.25) is 0 Å². The van der Waals surface area contributed by atoms with Crippen LogP contribution in [0.15, 0.2) is 48.5 Å². The predicted octanol–water partition coefficient (Wildman–Crippen LogP) is 2.91. The smallest absolute Gasteiger partial charge is 0.0762 e. The Kier molecular flexibility index (Phi) is 4.13. The zero-order valence-corrected chi connectivity index (χ0v) is 10.6. The summed E-state index contributed by atoms with van der Waals surface area (Å²) in [6.45, 7) is 2.45. The van der Waals surface area contributed by atoms with Crippen LogP contribution < -0.4 is 5.73 Å². The summed E-state index contributed by atoms with van der Waals surface area (Å²) in [5.41, 5.74) is 10.1. The molecule has 0 aliphatic rings. The van der Waals surface area contributed by atoms with E-state index >= 15 is 0 Å². The second-order valence-electron chi connectivity index (χ2n) is 4.54. The van der Waals surface area contributed by atoms with E-state index in [0.717, 1.165) is 17.5 Å². The van der Waals surface area contributed by atoms with Crippen LogP contribution in [0, 0.1) is 0 Å². The minimum Gasteiger partial charge on any atom is -0.389 e. The third-order valence-corrected chi connectivity index (χ3v) is 3.06. The monoisotopic (exact) mass is 241 g/mol. The Bertz CT molecular complexity index is 520. The van der Waals surface area contributed by atoms with Crippen LogP contribution in [-0.2, 0) is 6.42 Å². The molecular formula is C16H19NO. The number of aliphatic hydroxyl groups is 1. The molecule has 2 aromatic rings. The first-order valence-corrected chi connectivity index (χ1v) is 6.28. The van der Waals surface area contributed by atoms with Crippen molar-refractivity contribution < 1.29 is 5.11 Å². The zero-order valence-electron chi connectivity index (χ0n) is 10.6. The maximum atomic E-state index is 9.62. The van der Waals surface area contributed by atoms with Gasteiger partial charge in [-0.2, -0.15) is 0 Å². The molecular weight excluding hydrogens is 222 g/mol. The molecule has 0 saturated heterocycles. The van der Waals surface area contributed by atoms with Gasteiger partial charge in [-0.05, 0) is 48.2 Å². The van der Waals surface area contributed by atoms with Crippen LogP contribution in [0.2, 0.25) is 0 Å². The summed E-state index contributed by atoms with van der Waals surface area (Å²) in [4.78, 5) is 0. The largest absolute Gasteiger partial charge is 0.389 e. The van der Waals surface area contributed by atoms with Gasteiger partial charge < -0.3 is 10.8 Å². The maximum absolute atomic E-state index is 9.62. The van der Waals surface area contributed by atoms with Gasteiger partial charge in [0, 0.05) is 0 Å². The average Bonchev–Trinajstić information content (AvgIpc) is 2.39. The molecule has 3 N–H and O–H groups in total. The molecule has 0 aromatic heterocycles. The second kappa shape index (κ2) is 5.80. The summed E-state index contributed by atoms with van der Waals surface area (Å²) in [6, 6.07) is 16.4. The first-order chi connectivity index (χ1) is 8.70. The van der Waals surface area contributed by atoms with E-state index in [9.17, 15) is 5.11 Å². The van der Waals surface area contributed by atoms with Crippen molar-refractivity contribution in [3.63, 3.8) is 0 Å². The third-order valence-electron chi connectivity index (χ3n) is 3.06. The van der Waals surface area contributed by atoms with Gasteiger partial charge in [0.15, 0.2) is 0 Å². The summed E-state index contributed by atoms with van der Waals surface area (Å²) in [7, 11) is 0. The number of hydrogen-bond donors (Lipinski definition) is 2. The molecule has 2 aromatic carbocycles. The van der Waals surface area contributed by atoms with Crippen LogP contribution in [0.5, 0.6) is 0 Å². The fourth-order valence-corrected chi connectivity index (χ4v) is 2.05. The third kappa shape index (κ3) is 2.97. The second-order valence-corrected chi connectivity index (χ2v) is 4.54. The SMILES string of the molecule is CC(O)c1cccc(-c2cccc(CCN)c2)c1. The molecule has 94 valence electrons. The predicted molar refractivity (Wildman–Crippen MR) is 75.3 cm³/mol. The summed E-state index contributed by atoms with van der Waals surface area (Å²) < 4.78 is 0. The van der Waals surface area contributed by atoms with E-state index in [2.05, 4.69) is 30.3 Å². The minimum atomic E-state index is -0.433. The number of aliphatic hydroxyl groups excluding tert-OH is 1. The van der Waals surface area contributed by atoms with Crippen molar-refractivity contribution in [2.24, 2.45) is 5.73 Å². The van der Waals surface area contributed by atoms with E-state index in [4.69, 9.17) is 5.73 Å². The van der Waals surface area contributed by atoms with Gasteiger partial charge in [0.2, 0.25) is 0 Å². The van der Waals surface area contributed by atoms with Gasteiger partial charge in [0.1, 0.15) is 0 Å². The van der Waals surface area contributed by atoms with Gasteiger partial charge >= 0.3 is 0 Å². The Morgan fingerprint density at radius 1 is 1.06 bits per heavy atom. The molecule has 1 unspecified atom stereocenters. The normalized spacial score (nSPS) is 12.4. The van der Waals surface area contributed by atoms with Crippen molar-refractivity contribution in [1.29, 1.82) is 0 Å². The molecule has 0 aliphatic heterocycles. The van der Waals surface area contributed by atoms with Gasteiger partial charge in [0.05, 0.1) is 6.10 Å².